The maximum Gasteiger partial charge on any atom is 0.148 e. The standard InChI is InChI=1S/C13H22N4/c1-13(2,3)11-6-7-12(17-16-11)15-9-10-5-4-8-14-10/h6-7,10,14H,4-5,8-9H2,1-3H3,(H,15,17). The van der Waals surface area contributed by atoms with Crippen LogP contribution in [0, 0.1) is 0 Å². The van der Waals surface area contributed by atoms with Crippen molar-refractivity contribution >= 4 is 5.82 Å². The van der Waals surface area contributed by atoms with Crippen molar-refractivity contribution in [3.8, 4) is 0 Å². The molecule has 0 bridgehead atoms. The summed E-state index contributed by atoms with van der Waals surface area (Å²) in [5, 5.41) is 15.3. The highest BCUT2D eigenvalue weighted by Crippen LogP contribution is 2.19. The van der Waals surface area contributed by atoms with Crippen LogP contribution in [0.2, 0.25) is 0 Å². The third kappa shape index (κ3) is 3.40. The van der Waals surface area contributed by atoms with E-state index >= 15 is 0 Å². The predicted molar refractivity (Wildman–Crippen MR) is 70.2 cm³/mol. The van der Waals surface area contributed by atoms with Gasteiger partial charge in [0, 0.05) is 18.0 Å². The van der Waals surface area contributed by atoms with Crippen LogP contribution in [-0.4, -0.2) is 29.3 Å². The van der Waals surface area contributed by atoms with Gasteiger partial charge in [0.1, 0.15) is 5.82 Å². The minimum Gasteiger partial charge on any atom is -0.367 e. The van der Waals surface area contributed by atoms with Crippen LogP contribution >= 0.6 is 0 Å². The van der Waals surface area contributed by atoms with Gasteiger partial charge in [-0.2, -0.15) is 5.10 Å². The normalized spacial score (nSPS) is 20.5. The van der Waals surface area contributed by atoms with Crippen molar-refractivity contribution < 1.29 is 0 Å². The summed E-state index contributed by atoms with van der Waals surface area (Å²) in [5.74, 6) is 0.867. The SMILES string of the molecule is CC(C)(C)c1ccc(NCC2CCCN2)nn1. The summed E-state index contributed by atoms with van der Waals surface area (Å²) in [6.07, 6.45) is 2.53. The Labute approximate surface area is 103 Å². The summed E-state index contributed by atoms with van der Waals surface area (Å²) in [6.45, 7) is 8.51. The molecule has 1 fully saturated rings. The van der Waals surface area contributed by atoms with Crippen LogP contribution in [0.1, 0.15) is 39.3 Å². The lowest BCUT2D eigenvalue weighted by Crippen LogP contribution is -2.29. The highest BCUT2D eigenvalue weighted by atomic mass is 15.2. The smallest absolute Gasteiger partial charge is 0.148 e. The van der Waals surface area contributed by atoms with Crippen LogP contribution < -0.4 is 10.6 Å². The van der Waals surface area contributed by atoms with Gasteiger partial charge < -0.3 is 10.6 Å². The van der Waals surface area contributed by atoms with Crippen molar-refractivity contribution in [3.05, 3.63) is 17.8 Å². The van der Waals surface area contributed by atoms with Crippen LogP contribution in [0.15, 0.2) is 12.1 Å². The van der Waals surface area contributed by atoms with Crippen molar-refractivity contribution in [1.82, 2.24) is 15.5 Å². The van der Waals surface area contributed by atoms with Crippen molar-refractivity contribution in [1.29, 1.82) is 0 Å². The van der Waals surface area contributed by atoms with E-state index in [4.69, 9.17) is 0 Å². The molecule has 4 nitrogen and oxygen atoms in total. The molecule has 1 aromatic heterocycles. The Bertz CT molecular complexity index is 347. The lowest BCUT2D eigenvalue weighted by atomic mass is 9.92. The molecule has 2 N–H and O–H groups in total. The maximum atomic E-state index is 4.26. The largest absolute Gasteiger partial charge is 0.367 e. The van der Waals surface area contributed by atoms with Gasteiger partial charge >= 0.3 is 0 Å². The second-order valence-electron chi connectivity index (χ2n) is 5.73. The fourth-order valence-electron chi connectivity index (χ4n) is 1.99. The molecule has 2 rings (SSSR count). The third-order valence-corrected chi connectivity index (χ3v) is 3.12. The van der Waals surface area contributed by atoms with Gasteiger partial charge in [-0.25, -0.2) is 0 Å². The molecule has 0 radical (unpaired) electrons. The van der Waals surface area contributed by atoms with E-state index in [9.17, 15) is 0 Å². The first-order valence-electron chi connectivity index (χ1n) is 6.37. The molecular formula is C13H22N4. The van der Waals surface area contributed by atoms with E-state index in [2.05, 4.69) is 47.7 Å². The van der Waals surface area contributed by atoms with Crippen LogP contribution in [-0.2, 0) is 5.41 Å². The molecule has 4 heteroatoms. The molecule has 94 valence electrons. The lowest BCUT2D eigenvalue weighted by Gasteiger charge is -2.17. The van der Waals surface area contributed by atoms with Crippen LogP contribution in [0.5, 0.6) is 0 Å². The molecule has 0 aliphatic carbocycles. The zero-order valence-corrected chi connectivity index (χ0v) is 11.0. The first kappa shape index (κ1) is 12.3. The highest BCUT2D eigenvalue weighted by molar-refractivity contribution is 5.34. The van der Waals surface area contributed by atoms with Crippen molar-refractivity contribution in [3.63, 3.8) is 0 Å². The first-order chi connectivity index (χ1) is 8.05. The summed E-state index contributed by atoms with van der Waals surface area (Å²) in [4.78, 5) is 0. The molecule has 1 unspecified atom stereocenters. The third-order valence-electron chi connectivity index (χ3n) is 3.12. The molecule has 17 heavy (non-hydrogen) atoms. The molecule has 1 atom stereocenters. The number of aromatic nitrogens is 2. The molecule has 1 aliphatic rings. The molecule has 1 aliphatic heterocycles. The van der Waals surface area contributed by atoms with Gasteiger partial charge in [-0.1, -0.05) is 20.8 Å². The Morgan fingerprint density at radius 3 is 2.71 bits per heavy atom. The number of nitrogens with one attached hydrogen (secondary N) is 2. The van der Waals surface area contributed by atoms with E-state index in [1.54, 1.807) is 0 Å². The average Bonchev–Trinajstić information content (AvgIpc) is 2.78. The van der Waals surface area contributed by atoms with Crippen LogP contribution in [0.4, 0.5) is 5.82 Å². The Hall–Kier alpha value is -1.16. The Morgan fingerprint density at radius 2 is 2.18 bits per heavy atom. The van der Waals surface area contributed by atoms with Crippen molar-refractivity contribution in [2.75, 3.05) is 18.4 Å². The fraction of sp³-hybridized carbons (Fsp3) is 0.692. The second-order valence-corrected chi connectivity index (χ2v) is 5.73. The number of anilines is 1. The lowest BCUT2D eigenvalue weighted by molar-refractivity contribution is 0.558. The van der Waals surface area contributed by atoms with E-state index in [1.165, 1.54) is 12.8 Å². The monoisotopic (exact) mass is 234 g/mol. The minimum atomic E-state index is 0.0680. The van der Waals surface area contributed by atoms with Gasteiger partial charge in [0.2, 0.25) is 0 Å². The van der Waals surface area contributed by atoms with E-state index in [0.717, 1.165) is 24.6 Å². The molecular weight excluding hydrogens is 212 g/mol. The molecule has 0 spiro atoms. The van der Waals surface area contributed by atoms with Gasteiger partial charge in [-0.15, -0.1) is 5.10 Å². The van der Waals surface area contributed by atoms with Gasteiger partial charge in [0.15, 0.2) is 0 Å². The van der Waals surface area contributed by atoms with E-state index < -0.39 is 0 Å². The highest BCUT2D eigenvalue weighted by Gasteiger charge is 2.16. The summed E-state index contributed by atoms with van der Waals surface area (Å²) in [7, 11) is 0. The number of rotatable bonds is 3. The summed E-state index contributed by atoms with van der Waals surface area (Å²) < 4.78 is 0. The Morgan fingerprint density at radius 1 is 1.35 bits per heavy atom. The fourth-order valence-corrected chi connectivity index (χ4v) is 1.99. The van der Waals surface area contributed by atoms with Crippen molar-refractivity contribution in [2.45, 2.75) is 45.1 Å². The van der Waals surface area contributed by atoms with Crippen LogP contribution in [0.25, 0.3) is 0 Å². The van der Waals surface area contributed by atoms with Crippen LogP contribution in [0.3, 0.4) is 0 Å². The molecule has 1 aromatic rings. The quantitative estimate of drug-likeness (QED) is 0.839. The second kappa shape index (κ2) is 5.00. The first-order valence-corrected chi connectivity index (χ1v) is 6.37. The molecule has 0 aromatic carbocycles. The van der Waals surface area contributed by atoms with E-state index in [-0.39, 0.29) is 5.41 Å². The summed E-state index contributed by atoms with van der Waals surface area (Å²) >= 11 is 0. The minimum absolute atomic E-state index is 0.0680. The molecule has 1 saturated heterocycles. The van der Waals surface area contributed by atoms with Gasteiger partial charge in [-0.05, 0) is 31.5 Å². The Kier molecular flexibility index (Phi) is 3.62. The predicted octanol–water partition coefficient (Wildman–Crippen LogP) is 1.94. The van der Waals surface area contributed by atoms with E-state index in [0.29, 0.717) is 6.04 Å². The maximum absolute atomic E-state index is 4.26. The Balaban J connectivity index is 1.89. The number of hydrogen-bond acceptors (Lipinski definition) is 4. The van der Waals surface area contributed by atoms with Crippen molar-refractivity contribution in [2.24, 2.45) is 0 Å². The van der Waals surface area contributed by atoms with Gasteiger partial charge in [0.25, 0.3) is 0 Å². The number of hydrogen-bond donors (Lipinski definition) is 2. The summed E-state index contributed by atoms with van der Waals surface area (Å²) in [5.41, 5.74) is 1.10. The molecule has 0 saturated carbocycles. The zero-order valence-electron chi connectivity index (χ0n) is 11.0. The summed E-state index contributed by atoms with van der Waals surface area (Å²) in [6, 6.07) is 4.65. The molecule has 0 amide bonds. The average molecular weight is 234 g/mol. The van der Waals surface area contributed by atoms with Gasteiger partial charge in [-0.3, -0.25) is 0 Å². The van der Waals surface area contributed by atoms with E-state index in [1.807, 2.05) is 6.07 Å². The van der Waals surface area contributed by atoms with Gasteiger partial charge in [0.05, 0.1) is 5.69 Å². The topological polar surface area (TPSA) is 49.8 Å². The number of nitrogens with zero attached hydrogens (tertiary/aromatic N) is 2. The molecule has 2 heterocycles. The zero-order chi connectivity index (χ0) is 12.3.